The van der Waals surface area contributed by atoms with E-state index in [-0.39, 0.29) is 5.91 Å². The molecule has 0 heterocycles. The lowest BCUT2D eigenvalue weighted by Crippen LogP contribution is -2.32. The van der Waals surface area contributed by atoms with Crippen LogP contribution in [0.25, 0.3) is 0 Å². The summed E-state index contributed by atoms with van der Waals surface area (Å²) >= 11 is 0. The van der Waals surface area contributed by atoms with E-state index in [2.05, 4.69) is 13.8 Å². The van der Waals surface area contributed by atoms with Gasteiger partial charge in [-0.3, -0.25) is 4.79 Å². The highest BCUT2D eigenvalue weighted by Gasteiger charge is 2.09. The Morgan fingerprint density at radius 1 is 1.13 bits per heavy atom. The van der Waals surface area contributed by atoms with Crippen LogP contribution in [0.1, 0.15) is 34.1 Å². The van der Waals surface area contributed by atoms with Crippen LogP contribution in [0.2, 0.25) is 0 Å². The molecule has 1 amide bonds. The van der Waals surface area contributed by atoms with E-state index in [4.69, 9.17) is 0 Å². The van der Waals surface area contributed by atoms with E-state index < -0.39 is 0 Å². The molecule has 3 heteroatoms. The van der Waals surface area contributed by atoms with Crippen molar-refractivity contribution in [1.29, 1.82) is 0 Å². The zero-order valence-electron chi connectivity index (χ0n) is 11.5. The van der Waals surface area contributed by atoms with E-state index in [9.17, 15) is 4.79 Å². The Hall–Kier alpha value is -0.570. The average molecular weight is 216 g/mol. The molecule has 0 aromatic heterocycles. The van der Waals surface area contributed by atoms with Crippen LogP contribution >= 0.6 is 0 Å². The Morgan fingerprint density at radius 3 is 1.93 bits per heavy atom. The van der Waals surface area contributed by atoms with Crippen molar-refractivity contribution in [1.82, 2.24) is 9.80 Å². The summed E-state index contributed by atoms with van der Waals surface area (Å²) in [6.45, 7) is 9.93. The molecule has 92 valence electrons. The summed E-state index contributed by atoms with van der Waals surface area (Å²) in [7, 11) is 5.84. The molecule has 0 N–H and O–H groups in total. The van der Waals surface area contributed by atoms with E-state index in [1.54, 1.807) is 0 Å². The lowest BCUT2D eigenvalue weighted by molar-refractivity contribution is -0.130. The van der Waals surface area contributed by atoms with E-state index in [0.29, 0.717) is 12.3 Å². The molecule has 15 heavy (non-hydrogen) atoms. The molecule has 0 bridgehead atoms. The zero-order valence-corrected chi connectivity index (χ0v) is 11.5. The van der Waals surface area contributed by atoms with Gasteiger partial charge in [-0.15, -0.1) is 0 Å². The summed E-state index contributed by atoms with van der Waals surface area (Å²) in [5.74, 6) is 0.788. The van der Waals surface area contributed by atoms with E-state index >= 15 is 0 Å². The van der Waals surface area contributed by atoms with Gasteiger partial charge < -0.3 is 9.80 Å². The van der Waals surface area contributed by atoms with Crippen LogP contribution in [0, 0.1) is 5.92 Å². The van der Waals surface area contributed by atoms with Crippen molar-refractivity contribution in [2.75, 3.05) is 34.2 Å². The van der Waals surface area contributed by atoms with Gasteiger partial charge in [0.15, 0.2) is 0 Å². The topological polar surface area (TPSA) is 23.6 Å². The van der Waals surface area contributed by atoms with Gasteiger partial charge in [-0.25, -0.2) is 0 Å². The number of rotatable bonds is 5. The van der Waals surface area contributed by atoms with Crippen molar-refractivity contribution in [2.24, 2.45) is 5.92 Å². The summed E-state index contributed by atoms with van der Waals surface area (Å²) in [6.07, 6.45) is 0.621. The van der Waals surface area contributed by atoms with Gasteiger partial charge in [0.25, 0.3) is 0 Å². The molecule has 0 radical (unpaired) electrons. The second-order valence-corrected chi connectivity index (χ2v) is 4.22. The van der Waals surface area contributed by atoms with Crippen LogP contribution in [-0.2, 0) is 4.79 Å². The third kappa shape index (κ3) is 11.4. The van der Waals surface area contributed by atoms with Gasteiger partial charge in [0.1, 0.15) is 0 Å². The van der Waals surface area contributed by atoms with Gasteiger partial charge in [0.2, 0.25) is 5.91 Å². The van der Waals surface area contributed by atoms with Crippen LogP contribution in [-0.4, -0.2) is 49.9 Å². The Kier molecular flexibility index (Phi) is 11.2. The zero-order chi connectivity index (χ0) is 12.4. The van der Waals surface area contributed by atoms with Gasteiger partial charge >= 0.3 is 0 Å². The molecule has 0 aliphatic rings. The molecule has 0 aliphatic heterocycles. The number of amides is 1. The molecule has 0 aliphatic carbocycles. The lowest BCUT2D eigenvalue weighted by Gasteiger charge is -2.20. The van der Waals surface area contributed by atoms with Crippen LogP contribution in [0.5, 0.6) is 0 Å². The number of hydrogen-bond donors (Lipinski definition) is 0. The standard InChI is InChI=1S/C10H22N2O.C2H6/c1-9(2)8-12(5)10(13)6-7-11(3)4;1-2/h9H,6-8H2,1-5H3;1-2H3. The maximum Gasteiger partial charge on any atom is 0.223 e. The Balaban J connectivity index is 0. The molecule has 0 fully saturated rings. The van der Waals surface area contributed by atoms with Crippen molar-refractivity contribution < 1.29 is 4.79 Å². The fraction of sp³-hybridized carbons (Fsp3) is 0.917. The van der Waals surface area contributed by atoms with Gasteiger partial charge in [0.05, 0.1) is 0 Å². The minimum atomic E-state index is 0.238. The third-order valence-electron chi connectivity index (χ3n) is 1.84. The maximum absolute atomic E-state index is 11.5. The van der Waals surface area contributed by atoms with Gasteiger partial charge in [-0.05, 0) is 20.0 Å². The average Bonchev–Trinajstić information content (AvgIpc) is 2.16. The van der Waals surface area contributed by atoms with E-state index in [1.165, 1.54) is 0 Å². The van der Waals surface area contributed by atoms with Gasteiger partial charge in [-0.1, -0.05) is 27.7 Å². The summed E-state index contributed by atoms with van der Waals surface area (Å²) in [4.78, 5) is 15.3. The van der Waals surface area contributed by atoms with Crippen molar-refractivity contribution >= 4 is 5.91 Å². The lowest BCUT2D eigenvalue weighted by atomic mass is 10.2. The molecular formula is C12H28N2O. The largest absolute Gasteiger partial charge is 0.345 e. The highest BCUT2D eigenvalue weighted by atomic mass is 16.2. The second kappa shape index (κ2) is 9.97. The van der Waals surface area contributed by atoms with Gasteiger partial charge in [-0.2, -0.15) is 0 Å². The molecule has 3 nitrogen and oxygen atoms in total. The van der Waals surface area contributed by atoms with Crippen molar-refractivity contribution in [3.05, 3.63) is 0 Å². The molecule has 0 unspecified atom stereocenters. The first-order chi connectivity index (χ1) is 6.93. The minimum absolute atomic E-state index is 0.238. The van der Waals surface area contributed by atoms with Crippen LogP contribution in [0.3, 0.4) is 0 Å². The summed E-state index contributed by atoms with van der Waals surface area (Å²) in [5.41, 5.74) is 0. The maximum atomic E-state index is 11.5. The fourth-order valence-corrected chi connectivity index (χ4v) is 1.16. The number of carbonyl (C=O) groups is 1. The molecule has 0 saturated carbocycles. The molecular weight excluding hydrogens is 188 g/mol. The van der Waals surface area contributed by atoms with Crippen LogP contribution in [0.4, 0.5) is 0 Å². The Labute approximate surface area is 95.4 Å². The van der Waals surface area contributed by atoms with Crippen LogP contribution < -0.4 is 0 Å². The van der Waals surface area contributed by atoms with Crippen molar-refractivity contribution in [3.8, 4) is 0 Å². The number of hydrogen-bond acceptors (Lipinski definition) is 2. The number of nitrogens with zero attached hydrogens (tertiary/aromatic N) is 2. The van der Waals surface area contributed by atoms with E-state index in [0.717, 1.165) is 13.1 Å². The third-order valence-corrected chi connectivity index (χ3v) is 1.84. The molecule has 0 aromatic rings. The Bertz CT molecular complexity index is 156. The normalized spacial score (nSPS) is 9.93. The predicted octanol–water partition coefficient (Wildman–Crippen LogP) is 2.08. The first-order valence-electron chi connectivity index (χ1n) is 5.82. The predicted molar refractivity (Wildman–Crippen MR) is 67.0 cm³/mol. The van der Waals surface area contributed by atoms with Crippen molar-refractivity contribution in [3.63, 3.8) is 0 Å². The SMILES string of the molecule is CC.CC(C)CN(C)C(=O)CCN(C)C. The molecule has 0 saturated heterocycles. The van der Waals surface area contributed by atoms with E-state index in [1.807, 2.05) is 44.8 Å². The highest BCUT2D eigenvalue weighted by molar-refractivity contribution is 5.76. The summed E-state index contributed by atoms with van der Waals surface area (Å²) in [5, 5.41) is 0. The second-order valence-electron chi connectivity index (χ2n) is 4.22. The summed E-state index contributed by atoms with van der Waals surface area (Å²) < 4.78 is 0. The Morgan fingerprint density at radius 2 is 1.60 bits per heavy atom. The quantitative estimate of drug-likeness (QED) is 0.702. The smallest absolute Gasteiger partial charge is 0.223 e. The minimum Gasteiger partial charge on any atom is -0.345 e. The monoisotopic (exact) mass is 216 g/mol. The fourth-order valence-electron chi connectivity index (χ4n) is 1.16. The molecule has 0 rings (SSSR count). The van der Waals surface area contributed by atoms with Gasteiger partial charge in [0, 0.05) is 26.6 Å². The number of carbonyl (C=O) groups excluding carboxylic acids is 1. The van der Waals surface area contributed by atoms with Crippen molar-refractivity contribution in [2.45, 2.75) is 34.1 Å². The highest BCUT2D eigenvalue weighted by Crippen LogP contribution is 1.98. The molecule has 0 aromatic carbocycles. The molecule has 0 atom stereocenters. The van der Waals surface area contributed by atoms with Crippen LogP contribution in [0.15, 0.2) is 0 Å². The summed E-state index contributed by atoms with van der Waals surface area (Å²) in [6, 6.07) is 0. The first-order valence-corrected chi connectivity index (χ1v) is 5.82. The molecule has 0 spiro atoms. The first kappa shape index (κ1) is 16.8.